The summed E-state index contributed by atoms with van der Waals surface area (Å²) in [5, 5.41) is 33.3. The lowest BCUT2D eigenvalue weighted by Crippen LogP contribution is -2.31. The van der Waals surface area contributed by atoms with Crippen LogP contribution >= 0.6 is 0 Å². The minimum absolute atomic E-state index is 0.301. The van der Waals surface area contributed by atoms with Crippen LogP contribution in [0.1, 0.15) is 88.3 Å². The van der Waals surface area contributed by atoms with Gasteiger partial charge >= 0.3 is 0 Å². The first kappa shape index (κ1) is 38.8. The largest absolute Gasteiger partial charge is 0.497 e. The van der Waals surface area contributed by atoms with Crippen LogP contribution in [-0.4, -0.2) is 58.4 Å². The molecule has 304 valence electrons. The number of hydrogen-bond donors (Lipinski definition) is 3. The fourth-order valence-electron chi connectivity index (χ4n) is 9.09. The van der Waals surface area contributed by atoms with Crippen LogP contribution in [0.25, 0.3) is 12.2 Å². The number of H-pyrrole nitrogens is 2. The maximum atomic E-state index is 9.65. The Labute approximate surface area is 350 Å². The van der Waals surface area contributed by atoms with Crippen LogP contribution in [0.3, 0.4) is 0 Å². The number of benzene rings is 4. The first-order chi connectivity index (χ1) is 29.5. The minimum atomic E-state index is -0.334. The van der Waals surface area contributed by atoms with Crippen LogP contribution in [0, 0.1) is 11.8 Å². The molecule has 4 aromatic carbocycles. The molecule has 2 fully saturated rings. The van der Waals surface area contributed by atoms with E-state index in [1.807, 2.05) is 24.3 Å². The molecule has 0 radical (unpaired) electrons. The van der Waals surface area contributed by atoms with Gasteiger partial charge in [-0.3, -0.25) is 10.2 Å². The third-order valence-corrected chi connectivity index (χ3v) is 12.7. The fraction of sp³-hybridized carbons (Fsp3) is 0.280. The van der Waals surface area contributed by atoms with Gasteiger partial charge in [-0.15, -0.1) is 0 Å². The highest BCUT2D eigenvalue weighted by Crippen LogP contribution is 2.45. The minimum Gasteiger partial charge on any atom is -0.497 e. The van der Waals surface area contributed by atoms with Gasteiger partial charge in [-0.2, -0.15) is 10.2 Å². The lowest BCUT2D eigenvalue weighted by molar-refractivity contribution is 0.212. The van der Waals surface area contributed by atoms with Gasteiger partial charge in [0.05, 0.1) is 14.2 Å². The molecule has 10 nitrogen and oxygen atoms in total. The lowest BCUT2D eigenvalue weighted by Gasteiger charge is -2.35. The van der Waals surface area contributed by atoms with Gasteiger partial charge in [0, 0.05) is 58.0 Å². The zero-order valence-electron chi connectivity index (χ0n) is 34.3. The normalized spacial score (nSPS) is 20.9. The number of aromatic amines is 2. The van der Waals surface area contributed by atoms with E-state index >= 15 is 0 Å². The Hall–Kier alpha value is -6.68. The molecule has 60 heavy (non-hydrogen) atoms. The van der Waals surface area contributed by atoms with Gasteiger partial charge in [-0.1, -0.05) is 126 Å². The predicted molar refractivity (Wildman–Crippen MR) is 235 cm³/mol. The molecule has 0 aliphatic heterocycles. The molecule has 0 saturated heterocycles. The van der Waals surface area contributed by atoms with Gasteiger partial charge in [0.25, 0.3) is 0 Å². The Kier molecular flexibility index (Phi) is 10.7. The van der Waals surface area contributed by atoms with Crippen LogP contribution in [-0.2, 0) is 28.5 Å². The van der Waals surface area contributed by atoms with Gasteiger partial charge < -0.3 is 19.5 Å². The summed E-state index contributed by atoms with van der Waals surface area (Å²) < 4.78 is 11.0. The van der Waals surface area contributed by atoms with Crippen LogP contribution in [0.15, 0.2) is 132 Å². The number of aromatic nitrogens is 4. The number of methoxy groups -OCH3 is 2. The van der Waals surface area contributed by atoms with Crippen molar-refractivity contribution in [3.8, 4) is 11.5 Å². The number of fused-ring (bicyclic) bond motifs is 2. The average molecular weight is 799 g/mol. The fourth-order valence-corrected chi connectivity index (χ4v) is 9.09. The maximum absolute atomic E-state index is 9.65. The number of ether oxygens (including phenoxy) is 2. The monoisotopic (exact) mass is 798 g/mol. The van der Waals surface area contributed by atoms with E-state index in [2.05, 4.69) is 140 Å². The van der Waals surface area contributed by atoms with Crippen molar-refractivity contribution in [3.05, 3.63) is 178 Å². The van der Waals surface area contributed by atoms with E-state index in [1.165, 1.54) is 28.7 Å². The summed E-state index contributed by atoms with van der Waals surface area (Å²) >= 11 is 0. The second-order valence-electron chi connectivity index (χ2n) is 16.1. The highest BCUT2D eigenvalue weighted by molar-refractivity contribution is 6.05. The Morgan fingerprint density at radius 3 is 1.48 bits per heavy atom. The molecule has 10 heteroatoms. The van der Waals surface area contributed by atoms with Gasteiger partial charge in [0.2, 0.25) is 0 Å². The topological polar surface area (TPSA) is 130 Å². The van der Waals surface area contributed by atoms with Gasteiger partial charge in [-0.25, -0.2) is 0 Å². The summed E-state index contributed by atoms with van der Waals surface area (Å²) in [7, 11) is 5.00. The number of nitrogens with one attached hydrogen (secondary N) is 2. The molecule has 3 N–H and O–H groups in total. The van der Waals surface area contributed by atoms with E-state index in [-0.39, 0.29) is 10.8 Å². The van der Waals surface area contributed by atoms with Crippen molar-refractivity contribution in [3.63, 3.8) is 0 Å². The predicted octanol–water partition coefficient (Wildman–Crippen LogP) is 9.69. The zero-order valence-corrected chi connectivity index (χ0v) is 34.3. The summed E-state index contributed by atoms with van der Waals surface area (Å²) in [5.41, 5.74) is 11.9. The molecule has 2 saturated carbocycles. The molecule has 0 amide bonds. The Bertz CT molecular complexity index is 2580. The number of rotatable bonds is 11. The van der Waals surface area contributed by atoms with E-state index in [4.69, 9.17) is 14.3 Å². The highest BCUT2D eigenvalue weighted by Gasteiger charge is 2.40. The zero-order chi connectivity index (χ0) is 41.1. The second-order valence-corrected chi connectivity index (χ2v) is 16.1. The standard InChI is InChI=1S/2C25H25N3O2/c1-29-20-10-6-9-19(15-20)25(18-7-4-3-5-8-18)14-13-21-22(16-25)26-27-24(21)23(28-30-2)17-11-12-17;1-30-20-12-6-11-19(15-20)25(18-9-3-2-4-10-18)14-13-21-22(16-25)26-27-24(21)23(28-29)17-7-5-8-17/h3-10,13-15,17H,11-12,16H2,1-2H3,(H,26,27);2-4,6,9-15,17,29H,5,7-8,16H2,1H3,(H,26,27). The molecule has 4 aliphatic carbocycles. The van der Waals surface area contributed by atoms with Crippen molar-refractivity contribution in [2.75, 3.05) is 21.3 Å². The first-order valence-corrected chi connectivity index (χ1v) is 20.8. The molecule has 2 aromatic heterocycles. The quantitative estimate of drug-likeness (QED) is 0.0680. The second kappa shape index (κ2) is 16.5. The number of hydrogen-bond acceptors (Lipinski definition) is 8. The highest BCUT2D eigenvalue weighted by atomic mass is 16.6. The Morgan fingerprint density at radius 2 is 1.07 bits per heavy atom. The molecule has 10 rings (SSSR count). The average Bonchev–Trinajstić information content (AvgIpc) is 3.93. The Balaban J connectivity index is 0.000000154. The number of allylic oxidation sites excluding steroid dienone is 2. The number of nitrogens with zero attached hydrogens (tertiary/aromatic N) is 4. The lowest BCUT2D eigenvalue weighted by atomic mass is 9.68. The first-order valence-electron chi connectivity index (χ1n) is 20.8. The number of oxime groups is 2. The van der Waals surface area contributed by atoms with E-state index in [1.54, 1.807) is 21.3 Å². The Morgan fingerprint density at radius 1 is 0.600 bits per heavy atom. The van der Waals surface area contributed by atoms with Gasteiger partial charge in [0.15, 0.2) is 0 Å². The van der Waals surface area contributed by atoms with E-state index < -0.39 is 0 Å². The molecular formula is C50H50N6O4. The SMILES string of the molecule is CON=C(c1n[nH]c2c1C=CC(c1ccccc1)(c1cccc(OC)c1)C2)C1CC1.COc1cccc(C2(c3ccccc3)C=Cc3c(C(=NO)C4CCC4)n[nH]c3C2)c1. The smallest absolute Gasteiger partial charge is 0.119 e. The van der Waals surface area contributed by atoms with Crippen molar-refractivity contribution in [2.45, 2.75) is 55.8 Å². The molecule has 2 heterocycles. The van der Waals surface area contributed by atoms with Crippen molar-refractivity contribution >= 4 is 23.6 Å². The van der Waals surface area contributed by atoms with Crippen LogP contribution < -0.4 is 9.47 Å². The van der Waals surface area contributed by atoms with Crippen molar-refractivity contribution in [2.24, 2.45) is 22.1 Å². The summed E-state index contributed by atoms with van der Waals surface area (Å²) in [4.78, 5) is 5.12. The van der Waals surface area contributed by atoms with Crippen LogP contribution in [0.5, 0.6) is 11.5 Å². The molecule has 2 unspecified atom stereocenters. The van der Waals surface area contributed by atoms with Crippen LogP contribution in [0.4, 0.5) is 0 Å². The van der Waals surface area contributed by atoms with Crippen molar-refractivity contribution in [1.29, 1.82) is 0 Å². The maximum Gasteiger partial charge on any atom is 0.119 e. The van der Waals surface area contributed by atoms with E-state index in [0.29, 0.717) is 17.5 Å². The molecular weight excluding hydrogens is 749 g/mol. The van der Waals surface area contributed by atoms with Crippen molar-refractivity contribution < 1.29 is 19.5 Å². The summed E-state index contributed by atoms with van der Waals surface area (Å²) in [6.07, 6.45) is 16.0. The van der Waals surface area contributed by atoms with Crippen LogP contribution in [0.2, 0.25) is 0 Å². The van der Waals surface area contributed by atoms with Gasteiger partial charge in [0.1, 0.15) is 41.4 Å². The summed E-state index contributed by atoms with van der Waals surface area (Å²) in [5.74, 6) is 2.45. The van der Waals surface area contributed by atoms with Crippen molar-refractivity contribution in [1.82, 2.24) is 20.4 Å². The third kappa shape index (κ3) is 7.10. The molecule has 4 aliphatic rings. The molecule has 0 bridgehead atoms. The summed E-state index contributed by atoms with van der Waals surface area (Å²) in [6.45, 7) is 0. The van der Waals surface area contributed by atoms with E-state index in [0.717, 1.165) is 89.6 Å². The molecule has 0 spiro atoms. The molecule has 6 aromatic rings. The summed E-state index contributed by atoms with van der Waals surface area (Å²) in [6, 6.07) is 37.7. The van der Waals surface area contributed by atoms with Gasteiger partial charge in [-0.05, 0) is 72.2 Å². The molecule has 2 atom stereocenters. The van der Waals surface area contributed by atoms with E-state index in [9.17, 15) is 5.21 Å². The third-order valence-electron chi connectivity index (χ3n) is 12.7.